The van der Waals surface area contributed by atoms with Gasteiger partial charge in [-0.25, -0.2) is 0 Å². The molecular weight excluding hydrogens is 198 g/mol. The van der Waals surface area contributed by atoms with Crippen LogP contribution in [0.1, 0.15) is 12.6 Å². The molecule has 0 spiro atoms. The first-order valence-corrected chi connectivity index (χ1v) is 4.40. The van der Waals surface area contributed by atoms with Gasteiger partial charge in [0.1, 0.15) is 11.9 Å². The van der Waals surface area contributed by atoms with Crippen molar-refractivity contribution in [1.82, 2.24) is 14.4 Å². The second kappa shape index (κ2) is 3.19. The van der Waals surface area contributed by atoms with Crippen LogP contribution in [0.25, 0.3) is 5.78 Å². The molecule has 2 N–H and O–H groups in total. The van der Waals surface area contributed by atoms with Crippen molar-refractivity contribution in [2.45, 2.75) is 13.3 Å². The monoisotopic (exact) mass is 207 g/mol. The number of nitrogens with zero attached hydrogens (tertiary/aromatic N) is 4. The largest absolute Gasteiger partial charge is 0.395 e. The van der Waals surface area contributed by atoms with Gasteiger partial charge >= 0.3 is 11.6 Å². The molecule has 0 aliphatic rings. The fraction of sp³-hybridized carbons (Fsp3) is 0.250. The average Bonchev–Trinajstić information content (AvgIpc) is 2.55. The van der Waals surface area contributed by atoms with Gasteiger partial charge in [-0.2, -0.15) is 14.4 Å². The van der Waals surface area contributed by atoms with E-state index in [1.54, 1.807) is 6.92 Å². The summed E-state index contributed by atoms with van der Waals surface area (Å²) in [5.41, 5.74) is 6.29. The Morgan fingerprint density at radius 3 is 3.00 bits per heavy atom. The van der Waals surface area contributed by atoms with Crippen LogP contribution >= 0.6 is 0 Å². The maximum atomic E-state index is 10.8. The van der Waals surface area contributed by atoms with Gasteiger partial charge in [0.15, 0.2) is 0 Å². The molecule has 0 aromatic carbocycles. The summed E-state index contributed by atoms with van der Waals surface area (Å²) in [5.74, 6) is 0.236. The highest BCUT2D eigenvalue weighted by Gasteiger charge is 2.21. The van der Waals surface area contributed by atoms with Gasteiger partial charge in [0.2, 0.25) is 0 Å². The number of aromatic nitrogens is 3. The minimum absolute atomic E-state index is 0.0627. The van der Waals surface area contributed by atoms with Gasteiger partial charge < -0.3 is 15.8 Å². The van der Waals surface area contributed by atoms with E-state index in [1.165, 1.54) is 16.8 Å². The summed E-state index contributed by atoms with van der Waals surface area (Å²) in [5, 5.41) is 10.8. The van der Waals surface area contributed by atoms with Crippen LogP contribution in [0.2, 0.25) is 0 Å². The first kappa shape index (κ1) is 9.38. The Labute approximate surface area is 84.7 Å². The van der Waals surface area contributed by atoms with Crippen molar-refractivity contribution < 1.29 is 4.92 Å². The minimum atomic E-state index is -0.472. The normalized spacial score (nSPS) is 10.7. The zero-order valence-corrected chi connectivity index (χ0v) is 8.04. The molecule has 7 nitrogen and oxygen atoms in total. The molecule has 0 fully saturated rings. The van der Waals surface area contributed by atoms with Crippen LogP contribution in [0.4, 0.5) is 11.5 Å². The van der Waals surface area contributed by atoms with Crippen molar-refractivity contribution in [1.29, 1.82) is 0 Å². The standard InChI is InChI=1S/C8H9N5O2/c1-2-6-7(13(14)15)12-4-5(9)3-10-8(12)11-6/h3-4H,2,9H2,1H3. The fourth-order valence-corrected chi connectivity index (χ4v) is 1.41. The molecule has 0 saturated heterocycles. The molecule has 15 heavy (non-hydrogen) atoms. The Hall–Kier alpha value is -2.18. The van der Waals surface area contributed by atoms with Crippen molar-refractivity contribution in [2.75, 3.05) is 5.73 Å². The number of hydrogen-bond acceptors (Lipinski definition) is 5. The Morgan fingerprint density at radius 2 is 2.40 bits per heavy atom. The van der Waals surface area contributed by atoms with E-state index in [0.717, 1.165) is 0 Å². The van der Waals surface area contributed by atoms with Crippen molar-refractivity contribution in [3.8, 4) is 0 Å². The van der Waals surface area contributed by atoms with Gasteiger partial charge in [-0.3, -0.25) is 0 Å². The van der Waals surface area contributed by atoms with E-state index < -0.39 is 4.92 Å². The highest BCUT2D eigenvalue weighted by Crippen LogP contribution is 2.20. The lowest BCUT2D eigenvalue weighted by atomic mass is 10.3. The highest BCUT2D eigenvalue weighted by molar-refractivity contribution is 5.48. The average molecular weight is 207 g/mol. The summed E-state index contributed by atoms with van der Waals surface area (Å²) in [6, 6.07) is 0. The third-order valence-corrected chi connectivity index (χ3v) is 2.05. The van der Waals surface area contributed by atoms with E-state index in [-0.39, 0.29) is 5.82 Å². The zero-order valence-electron chi connectivity index (χ0n) is 8.04. The first-order chi connectivity index (χ1) is 7.13. The number of aryl methyl sites for hydroxylation is 1. The molecule has 7 heteroatoms. The number of hydrogen-bond donors (Lipinski definition) is 1. The number of nitrogens with two attached hydrogens (primary N) is 1. The summed E-state index contributed by atoms with van der Waals surface area (Å²) in [4.78, 5) is 18.3. The molecule has 0 unspecified atom stereocenters. The summed E-state index contributed by atoms with van der Waals surface area (Å²) in [7, 11) is 0. The molecule has 78 valence electrons. The lowest BCUT2D eigenvalue weighted by molar-refractivity contribution is -0.391. The number of nitrogen functional groups attached to an aromatic ring is 1. The van der Waals surface area contributed by atoms with E-state index in [9.17, 15) is 10.1 Å². The molecule has 0 amide bonds. The van der Waals surface area contributed by atoms with Crippen molar-refractivity contribution >= 4 is 17.3 Å². The molecule has 2 aromatic rings. The molecule has 0 atom stereocenters. The summed E-state index contributed by atoms with van der Waals surface area (Å²) >= 11 is 0. The summed E-state index contributed by atoms with van der Waals surface area (Å²) in [6.45, 7) is 1.80. The SMILES string of the molecule is CCc1nc2ncc(N)cn2c1[N+](=O)[O-]. The molecule has 0 aliphatic heterocycles. The van der Waals surface area contributed by atoms with Crippen molar-refractivity contribution in [2.24, 2.45) is 0 Å². The Bertz CT molecular complexity index is 533. The molecular formula is C8H9N5O2. The van der Waals surface area contributed by atoms with Crippen LogP contribution in [0.3, 0.4) is 0 Å². The van der Waals surface area contributed by atoms with Crippen molar-refractivity contribution in [3.63, 3.8) is 0 Å². The zero-order chi connectivity index (χ0) is 11.0. The second-order valence-corrected chi connectivity index (χ2v) is 3.05. The quantitative estimate of drug-likeness (QED) is 0.579. The first-order valence-electron chi connectivity index (χ1n) is 4.40. The van der Waals surface area contributed by atoms with Crippen LogP contribution in [-0.2, 0) is 6.42 Å². The van der Waals surface area contributed by atoms with Crippen LogP contribution in [0.5, 0.6) is 0 Å². The predicted molar refractivity (Wildman–Crippen MR) is 53.4 cm³/mol. The van der Waals surface area contributed by atoms with E-state index in [1.807, 2.05) is 0 Å². The number of fused-ring (bicyclic) bond motifs is 1. The fourth-order valence-electron chi connectivity index (χ4n) is 1.41. The molecule has 2 aromatic heterocycles. The highest BCUT2D eigenvalue weighted by atomic mass is 16.6. The molecule has 0 aliphatic carbocycles. The second-order valence-electron chi connectivity index (χ2n) is 3.05. The minimum Gasteiger partial charge on any atom is -0.395 e. The van der Waals surface area contributed by atoms with E-state index in [2.05, 4.69) is 9.97 Å². The van der Waals surface area contributed by atoms with Gasteiger partial charge in [0.25, 0.3) is 0 Å². The smallest absolute Gasteiger partial charge is 0.352 e. The van der Waals surface area contributed by atoms with Crippen LogP contribution in [-0.4, -0.2) is 19.3 Å². The van der Waals surface area contributed by atoms with Gasteiger partial charge in [0, 0.05) is 0 Å². The van der Waals surface area contributed by atoms with Crippen LogP contribution in [0.15, 0.2) is 12.4 Å². The molecule has 0 saturated carbocycles. The number of rotatable bonds is 2. The number of nitro groups is 1. The van der Waals surface area contributed by atoms with Crippen molar-refractivity contribution in [3.05, 3.63) is 28.2 Å². The maximum Gasteiger partial charge on any atom is 0.352 e. The number of anilines is 1. The van der Waals surface area contributed by atoms with Gasteiger partial charge in [-0.05, 0) is 11.3 Å². The van der Waals surface area contributed by atoms with Crippen LogP contribution < -0.4 is 5.73 Å². The molecule has 0 radical (unpaired) electrons. The third-order valence-electron chi connectivity index (χ3n) is 2.05. The van der Waals surface area contributed by atoms with E-state index in [0.29, 0.717) is 23.6 Å². The Kier molecular flexibility index (Phi) is 2.00. The third kappa shape index (κ3) is 1.37. The Morgan fingerprint density at radius 1 is 1.67 bits per heavy atom. The summed E-state index contributed by atoms with van der Waals surface area (Å²) in [6.07, 6.45) is 3.36. The molecule has 2 heterocycles. The van der Waals surface area contributed by atoms with E-state index in [4.69, 9.17) is 5.73 Å². The van der Waals surface area contributed by atoms with Gasteiger partial charge in [-0.15, -0.1) is 0 Å². The van der Waals surface area contributed by atoms with E-state index >= 15 is 0 Å². The topological polar surface area (TPSA) is 99.3 Å². The lowest BCUT2D eigenvalue weighted by Crippen LogP contribution is -1.99. The predicted octanol–water partition coefficient (Wildman–Crippen LogP) is 0.782. The molecule has 2 rings (SSSR count). The van der Waals surface area contributed by atoms with Crippen LogP contribution in [0, 0.1) is 10.1 Å². The lowest BCUT2D eigenvalue weighted by Gasteiger charge is -1.95. The summed E-state index contributed by atoms with van der Waals surface area (Å²) < 4.78 is 1.30. The Balaban J connectivity index is 2.82. The number of imidazole rings is 1. The van der Waals surface area contributed by atoms with Gasteiger partial charge in [-0.1, -0.05) is 6.92 Å². The maximum absolute atomic E-state index is 10.8. The molecule has 0 bridgehead atoms. The van der Waals surface area contributed by atoms with Gasteiger partial charge in [0.05, 0.1) is 11.9 Å².